The second-order valence-corrected chi connectivity index (χ2v) is 5.08. The fourth-order valence-electron chi connectivity index (χ4n) is 2.28. The van der Waals surface area contributed by atoms with Gasteiger partial charge in [0.15, 0.2) is 5.82 Å². The maximum Gasteiger partial charge on any atom is 0.213 e. The van der Waals surface area contributed by atoms with E-state index in [0.29, 0.717) is 18.4 Å². The summed E-state index contributed by atoms with van der Waals surface area (Å²) in [6.45, 7) is 0.649. The number of halogens is 1. The predicted molar refractivity (Wildman–Crippen MR) is 66.3 cm³/mol. The molecule has 0 amide bonds. The molecular formula is C12H12BrN3O. The van der Waals surface area contributed by atoms with Crippen LogP contribution in [-0.4, -0.2) is 10.1 Å². The van der Waals surface area contributed by atoms with Crippen molar-refractivity contribution in [2.24, 2.45) is 0 Å². The third-order valence-electron chi connectivity index (χ3n) is 3.10. The van der Waals surface area contributed by atoms with Crippen molar-refractivity contribution in [2.75, 3.05) is 0 Å². The first-order chi connectivity index (χ1) is 8.33. The van der Waals surface area contributed by atoms with Crippen LogP contribution in [0, 0.1) is 0 Å². The minimum absolute atomic E-state index is 0.400. The van der Waals surface area contributed by atoms with Crippen molar-refractivity contribution in [3.8, 4) is 0 Å². The Morgan fingerprint density at radius 3 is 3.24 bits per heavy atom. The minimum Gasteiger partial charge on any atom is -0.343 e. The molecule has 0 saturated heterocycles. The summed E-state index contributed by atoms with van der Waals surface area (Å²) in [6.07, 6.45) is 3.61. The number of rotatable bonds is 3. The average molecular weight is 294 g/mol. The molecule has 0 fully saturated rings. The minimum atomic E-state index is 0.400. The van der Waals surface area contributed by atoms with Crippen molar-refractivity contribution in [3.63, 3.8) is 0 Å². The fourth-order valence-corrected chi connectivity index (χ4v) is 2.69. The van der Waals surface area contributed by atoms with Crippen LogP contribution in [0.2, 0.25) is 0 Å². The van der Waals surface area contributed by atoms with Gasteiger partial charge in [0.2, 0.25) is 6.39 Å². The molecule has 1 N–H and O–H groups in total. The molecule has 0 bridgehead atoms. The maximum atomic E-state index is 4.71. The normalized spacial score (nSPS) is 18.3. The lowest BCUT2D eigenvalue weighted by Crippen LogP contribution is -2.19. The first kappa shape index (κ1) is 10.9. The maximum absolute atomic E-state index is 4.71. The van der Waals surface area contributed by atoms with E-state index < -0.39 is 0 Å². The van der Waals surface area contributed by atoms with E-state index in [0.717, 1.165) is 17.3 Å². The Kier molecular flexibility index (Phi) is 2.94. The summed E-state index contributed by atoms with van der Waals surface area (Å²) in [5.74, 6) is 0.704. The zero-order valence-corrected chi connectivity index (χ0v) is 10.8. The van der Waals surface area contributed by atoms with Crippen molar-refractivity contribution >= 4 is 15.9 Å². The second-order valence-electron chi connectivity index (χ2n) is 4.16. The lowest BCUT2D eigenvalue weighted by molar-refractivity contribution is 0.403. The summed E-state index contributed by atoms with van der Waals surface area (Å²) < 4.78 is 5.86. The number of nitrogens with one attached hydrogen (secondary N) is 1. The summed E-state index contributed by atoms with van der Waals surface area (Å²) in [4.78, 5) is 4.00. The van der Waals surface area contributed by atoms with Crippen molar-refractivity contribution in [1.82, 2.24) is 15.5 Å². The molecule has 1 heterocycles. The fraction of sp³-hybridized carbons (Fsp3) is 0.333. The van der Waals surface area contributed by atoms with Crippen LogP contribution in [0.1, 0.15) is 29.4 Å². The molecule has 0 spiro atoms. The number of fused-ring (bicyclic) bond motifs is 1. The SMILES string of the molecule is Brc1ccc2c(c1)CCC2NCc1ncon1. The molecule has 0 aliphatic heterocycles. The number of aromatic nitrogens is 2. The molecule has 1 atom stereocenters. The van der Waals surface area contributed by atoms with Gasteiger partial charge in [-0.3, -0.25) is 0 Å². The Hall–Kier alpha value is -1.20. The Balaban J connectivity index is 1.71. The smallest absolute Gasteiger partial charge is 0.213 e. The quantitative estimate of drug-likeness (QED) is 0.945. The number of aryl methyl sites for hydroxylation is 1. The molecule has 3 rings (SSSR count). The van der Waals surface area contributed by atoms with Gasteiger partial charge in [-0.1, -0.05) is 27.2 Å². The Labute approximate surface area is 108 Å². The van der Waals surface area contributed by atoms with Crippen LogP contribution in [0.25, 0.3) is 0 Å². The van der Waals surface area contributed by atoms with Gasteiger partial charge >= 0.3 is 0 Å². The average Bonchev–Trinajstić information content (AvgIpc) is 2.94. The van der Waals surface area contributed by atoms with Gasteiger partial charge in [-0.2, -0.15) is 4.98 Å². The molecule has 2 aromatic rings. The van der Waals surface area contributed by atoms with E-state index in [1.807, 2.05) is 0 Å². The summed E-state index contributed by atoms with van der Waals surface area (Å²) in [6, 6.07) is 6.87. The Morgan fingerprint density at radius 1 is 1.47 bits per heavy atom. The molecular weight excluding hydrogens is 282 g/mol. The van der Waals surface area contributed by atoms with Crippen molar-refractivity contribution < 1.29 is 4.52 Å². The highest BCUT2D eigenvalue weighted by Gasteiger charge is 2.22. The summed E-state index contributed by atoms with van der Waals surface area (Å²) in [5, 5.41) is 7.25. The van der Waals surface area contributed by atoms with E-state index in [9.17, 15) is 0 Å². The van der Waals surface area contributed by atoms with Crippen molar-refractivity contribution in [2.45, 2.75) is 25.4 Å². The highest BCUT2D eigenvalue weighted by molar-refractivity contribution is 9.10. The standard InChI is InChI=1S/C12H12BrN3O/c13-9-2-3-10-8(5-9)1-4-11(10)14-6-12-15-7-17-16-12/h2-3,5,7,11,14H,1,4,6H2. The molecule has 1 aliphatic carbocycles. The highest BCUT2D eigenvalue weighted by Crippen LogP contribution is 2.32. The Bertz CT molecular complexity index is 512. The molecule has 5 heteroatoms. The molecule has 0 radical (unpaired) electrons. The molecule has 1 unspecified atom stereocenters. The topological polar surface area (TPSA) is 51.0 Å². The zero-order chi connectivity index (χ0) is 11.7. The van der Waals surface area contributed by atoms with E-state index in [2.05, 4.69) is 49.6 Å². The van der Waals surface area contributed by atoms with Crippen molar-refractivity contribution in [1.29, 1.82) is 0 Å². The Morgan fingerprint density at radius 2 is 2.41 bits per heavy atom. The summed E-state index contributed by atoms with van der Waals surface area (Å²) >= 11 is 3.50. The molecule has 1 aliphatic rings. The molecule has 4 nitrogen and oxygen atoms in total. The van der Waals surface area contributed by atoms with Gasteiger partial charge in [0, 0.05) is 10.5 Å². The van der Waals surface area contributed by atoms with Gasteiger partial charge in [0.05, 0.1) is 6.54 Å². The first-order valence-corrected chi connectivity index (χ1v) is 6.39. The van der Waals surface area contributed by atoms with Crippen LogP contribution in [0.3, 0.4) is 0 Å². The predicted octanol–water partition coefficient (Wildman–Crippen LogP) is 2.61. The molecule has 88 valence electrons. The molecule has 1 aromatic carbocycles. The molecule has 0 saturated carbocycles. The van der Waals surface area contributed by atoms with Gasteiger partial charge in [-0.15, -0.1) is 0 Å². The highest BCUT2D eigenvalue weighted by atomic mass is 79.9. The number of benzene rings is 1. The van der Waals surface area contributed by atoms with Gasteiger partial charge < -0.3 is 9.84 Å². The van der Waals surface area contributed by atoms with E-state index in [1.165, 1.54) is 17.5 Å². The zero-order valence-electron chi connectivity index (χ0n) is 9.19. The lowest BCUT2D eigenvalue weighted by atomic mass is 10.1. The van der Waals surface area contributed by atoms with Gasteiger partial charge in [-0.25, -0.2) is 0 Å². The number of hydrogen-bond acceptors (Lipinski definition) is 4. The van der Waals surface area contributed by atoms with Crippen molar-refractivity contribution in [3.05, 3.63) is 46.0 Å². The van der Waals surface area contributed by atoms with Crippen LogP contribution in [-0.2, 0) is 13.0 Å². The van der Waals surface area contributed by atoms with Crippen LogP contribution < -0.4 is 5.32 Å². The largest absolute Gasteiger partial charge is 0.343 e. The van der Waals surface area contributed by atoms with Crippen LogP contribution in [0.4, 0.5) is 0 Å². The summed E-state index contributed by atoms with van der Waals surface area (Å²) in [5.41, 5.74) is 2.81. The van der Waals surface area contributed by atoms with E-state index in [1.54, 1.807) is 0 Å². The van der Waals surface area contributed by atoms with Crippen LogP contribution in [0.5, 0.6) is 0 Å². The lowest BCUT2D eigenvalue weighted by Gasteiger charge is -2.12. The number of hydrogen-bond donors (Lipinski definition) is 1. The van der Waals surface area contributed by atoms with Gasteiger partial charge in [0.1, 0.15) is 0 Å². The van der Waals surface area contributed by atoms with E-state index in [4.69, 9.17) is 4.52 Å². The van der Waals surface area contributed by atoms with Gasteiger partial charge in [0.25, 0.3) is 0 Å². The third-order valence-corrected chi connectivity index (χ3v) is 3.59. The third kappa shape index (κ3) is 2.25. The van der Waals surface area contributed by atoms with Crippen LogP contribution >= 0.6 is 15.9 Å². The molecule has 17 heavy (non-hydrogen) atoms. The molecule has 1 aromatic heterocycles. The van der Waals surface area contributed by atoms with E-state index >= 15 is 0 Å². The van der Waals surface area contributed by atoms with Crippen LogP contribution in [0.15, 0.2) is 33.6 Å². The second kappa shape index (κ2) is 4.58. The summed E-state index contributed by atoms with van der Waals surface area (Å²) in [7, 11) is 0. The first-order valence-electron chi connectivity index (χ1n) is 5.60. The van der Waals surface area contributed by atoms with E-state index in [-0.39, 0.29) is 0 Å². The monoisotopic (exact) mass is 293 g/mol. The number of nitrogens with zero attached hydrogens (tertiary/aromatic N) is 2. The van der Waals surface area contributed by atoms with Gasteiger partial charge in [-0.05, 0) is 36.1 Å².